The van der Waals surface area contributed by atoms with Crippen LogP contribution >= 0.6 is 0 Å². The summed E-state index contributed by atoms with van der Waals surface area (Å²) in [5.74, 6) is 0.590. The standard InChI is InChI=1S/C17H20N2O5S2/c1-13-5-6-16(25(2,20)21)10-17(13)26(22,23)19-9-7-15(12-19)24-14-4-3-8-18-11-14/h3-6,8,10-11,15H,7,9,12H2,1-2H3/t15-/m0/s1. The molecule has 26 heavy (non-hydrogen) atoms. The summed E-state index contributed by atoms with van der Waals surface area (Å²) in [7, 11) is -7.30. The molecular formula is C17H20N2O5S2. The van der Waals surface area contributed by atoms with E-state index >= 15 is 0 Å². The molecule has 0 spiro atoms. The highest BCUT2D eigenvalue weighted by Gasteiger charge is 2.35. The molecule has 1 aromatic heterocycles. The summed E-state index contributed by atoms with van der Waals surface area (Å²) in [4.78, 5) is 3.98. The maximum Gasteiger partial charge on any atom is 0.243 e. The van der Waals surface area contributed by atoms with Crippen molar-refractivity contribution < 1.29 is 21.6 Å². The molecule has 1 saturated heterocycles. The highest BCUT2D eigenvalue weighted by molar-refractivity contribution is 7.91. The van der Waals surface area contributed by atoms with Crippen molar-refractivity contribution in [3.05, 3.63) is 48.3 Å². The van der Waals surface area contributed by atoms with E-state index in [0.717, 1.165) is 6.26 Å². The molecule has 9 heteroatoms. The van der Waals surface area contributed by atoms with Gasteiger partial charge in [-0.1, -0.05) is 6.07 Å². The number of nitrogens with zero attached hydrogens (tertiary/aromatic N) is 2. The van der Waals surface area contributed by atoms with Gasteiger partial charge >= 0.3 is 0 Å². The van der Waals surface area contributed by atoms with E-state index in [9.17, 15) is 16.8 Å². The lowest BCUT2D eigenvalue weighted by molar-refractivity contribution is 0.214. The van der Waals surface area contributed by atoms with Crippen LogP contribution in [-0.2, 0) is 19.9 Å². The quantitative estimate of drug-likeness (QED) is 0.763. The number of aryl methyl sites for hydroxylation is 1. The van der Waals surface area contributed by atoms with Crippen molar-refractivity contribution in [3.63, 3.8) is 0 Å². The Hall–Kier alpha value is -1.97. The first-order valence-corrected chi connectivity index (χ1v) is 11.4. The topological polar surface area (TPSA) is 93.6 Å². The minimum atomic E-state index is -3.80. The molecule has 1 aliphatic rings. The van der Waals surface area contributed by atoms with Gasteiger partial charge in [0.15, 0.2) is 9.84 Å². The van der Waals surface area contributed by atoms with Crippen LogP contribution in [0.25, 0.3) is 0 Å². The summed E-state index contributed by atoms with van der Waals surface area (Å²) in [5, 5.41) is 0. The molecular weight excluding hydrogens is 376 g/mol. The molecule has 0 unspecified atom stereocenters. The lowest BCUT2D eigenvalue weighted by Crippen LogP contribution is -2.31. The molecule has 2 heterocycles. The van der Waals surface area contributed by atoms with Gasteiger partial charge in [0.2, 0.25) is 10.0 Å². The summed E-state index contributed by atoms with van der Waals surface area (Å²) in [6.07, 6.45) is 4.56. The number of aromatic nitrogens is 1. The predicted molar refractivity (Wildman–Crippen MR) is 96.3 cm³/mol. The highest BCUT2D eigenvalue weighted by atomic mass is 32.2. The lowest BCUT2D eigenvalue weighted by Gasteiger charge is -2.19. The van der Waals surface area contributed by atoms with E-state index in [1.54, 1.807) is 31.5 Å². The zero-order chi connectivity index (χ0) is 18.9. The molecule has 140 valence electrons. The zero-order valence-corrected chi connectivity index (χ0v) is 16.1. The second-order valence-corrected chi connectivity index (χ2v) is 10.2. The van der Waals surface area contributed by atoms with Crippen molar-refractivity contribution in [2.45, 2.75) is 29.2 Å². The van der Waals surface area contributed by atoms with Crippen LogP contribution in [0.15, 0.2) is 52.5 Å². The van der Waals surface area contributed by atoms with E-state index in [1.165, 1.54) is 22.5 Å². The molecule has 1 fully saturated rings. The van der Waals surface area contributed by atoms with Crippen LogP contribution in [0, 0.1) is 6.92 Å². The number of sulfonamides is 1. The molecule has 7 nitrogen and oxygen atoms in total. The third-order valence-electron chi connectivity index (χ3n) is 4.25. The lowest BCUT2D eigenvalue weighted by atomic mass is 10.2. The Morgan fingerprint density at radius 2 is 1.96 bits per heavy atom. The summed E-state index contributed by atoms with van der Waals surface area (Å²) >= 11 is 0. The molecule has 1 atom stereocenters. The normalized spacial score (nSPS) is 18.8. The number of hydrogen-bond acceptors (Lipinski definition) is 6. The third kappa shape index (κ3) is 3.89. The number of sulfone groups is 1. The van der Waals surface area contributed by atoms with Crippen LogP contribution in [0.4, 0.5) is 0 Å². The first-order valence-electron chi connectivity index (χ1n) is 8.05. The minimum absolute atomic E-state index is 0.0102. The first kappa shape index (κ1) is 18.8. The summed E-state index contributed by atoms with van der Waals surface area (Å²) in [5.41, 5.74) is 0.508. The van der Waals surface area contributed by atoms with Gasteiger partial charge in [0.25, 0.3) is 0 Å². The number of benzene rings is 1. The van der Waals surface area contributed by atoms with E-state index in [1.807, 2.05) is 0 Å². The zero-order valence-electron chi connectivity index (χ0n) is 14.5. The average molecular weight is 396 g/mol. The van der Waals surface area contributed by atoms with Gasteiger partial charge in [0, 0.05) is 19.0 Å². The van der Waals surface area contributed by atoms with Crippen molar-refractivity contribution in [2.24, 2.45) is 0 Å². The SMILES string of the molecule is Cc1ccc(S(C)(=O)=O)cc1S(=O)(=O)N1CC[C@H](Oc2cccnc2)C1. The second-order valence-electron chi connectivity index (χ2n) is 6.28. The molecule has 2 aromatic rings. The molecule has 0 amide bonds. The van der Waals surface area contributed by atoms with Crippen molar-refractivity contribution >= 4 is 19.9 Å². The van der Waals surface area contributed by atoms with Gasteiger partial charge in [-0.05, 0) is 43.2 Å². The molecule has 0 N–H and O–H groups in total. The highest BCUT2D eigenvalue weighted by Crippen LogP contribution is 2.27. The van der Waals surface area contributed by atoms with Gasteiger partial charge < -0.3 is 4.74 Å². The predicted octanol–water partition coefficient (Wildman–Crippen LogP) is 1.64. The van der Waals surface area contributed by atoms with Crippen molar-refractivity contribution in [3.8, 4) is 5.75 Å². The van der Waals surface area contributed by atoms with E-state index in [2.05, 4.69) is 4.98 Å². The van der Waals surface area contributed by atoms with E-state index in [0.29, 0.717) is 24.3 Å². The van der Waals surface area contributed by atoms with Crippen molar-refractivity contribution in [1.29, 1.82) is 0 Å². The van der Waals surface area contributed by atoms with Gasteiger partial charge in [-0.15, -0.1) is 0 Å². The summed E-state index contributed by atoms with van der Waals surface area (Å²) in [6, 6.07) is 7.68. The Bertz CT molecular complexity index is 1000. The van der Waals surface area contributed by atoms with E-state index in [-0.39, 0.29) is 22.4 Å². The fourth-order valence-electron chi connectivity index (χ4n) is 2.85. The molecule has 0 saturated carbocycles. The largest absolute Gasteiger partial charge is 0.487 e. The van der Waals surface area contributed by atoms with Crippen LogP contribution in [0.2, 0.25) is 0 Å². The third-order valence-corrected chi connectivity index (χ3v) is 7.37. The number of hydrogen-bond donors (Lipinski definition) is 0. The molecule has 1 aromatic carbocycles. The fraction of sp³-hybridized carbons (Fsp3) is 0.353. The van der Waals surface area contributed by atoms with Crippen LogP contribution in [0.3, 0.4) is 0 Å². The van der Waals surface area contributed by atoms with Crippen LogP contribution < -0.4 is 4.74 Å². The van der Waals surface area contributed by atoms with Gasteiger partial charge in [0.05, 0.1) is 22.5 Å². The summed E-state index contributed by atoms with van der Waals surface area (Å²) in [6.45, 7) is 2.17. The summed E-state index contributed by atoms with van der Waals surface area (Å²) < 4.78 is 56.6. The Kier molecular flexibility index (Phi) is 5.05. The van der Waals surface area contributed by atoms with Gasteiger partial charge in [0.1, 0.15) is 11.9 Å². The Labute approximate surface area is 153 Å². The van der Waals surface area contributed by atoms with Crippen LogP contribution in [-0.4, -0.2) is 51.6 Å². The monoisotopic (exact) mass is 396 g/mol. The molecule has 0 aliphatic carbocycles. The Morgan fingerprint density at radius 3 is 2.62 bits per heavy atom. The van der Waals surface area contributed by atoms with E-state index in [4.69, 9.17) is 4.74 Å². The molecule has 3 rings (SSSR count). The van der Waals surface area contributed by atoms with Crippen LogP contribution in [0.1, 0.15) is 12.0 Å². The number of ether oxygens (including phenoxy) is 1. The fourth-order valence-corrected chi connectivity index (χ4v) is 5.31. The second kappa shape index (κ2) is 6.98. The smallest absolute Gasteiger partial charge is 0.243 e. The first-order chi connectivity index (χ1) is 12.2. The van der Waals surface area contributed by atoms with E-state index < -0.39 is 19.9 Å². The van der Waals surface area contributed by atoms with Crippen LogP contribution in [0.5, 0.6) is 5.75 Å². The molecule has 0 bridgehead atoms. The molecule has 0 radical (unpaired) electrons. The number of pyridine rings is 1. The van der Waals surface area contributed by atoms with Gasteiger partial charge in [-0.2, -0.15) is 4.31 Å². The average Bonchev–Trinajstić information content (AvgIpc) is 3.04. The number of rotatable bonds is 5. The molecule has 1 aliphatic heterocycles. The Morgan fingerprint density at radius 1 is 1.19 bits per heavy atom. The van der Waals surface area contributed by atoms with Gasteiger partial charge in [-0.25, -0.2) is 16.8 Å². The maximum absolute atomic E-state index is 13.0. The Balaban J connectivity index is 1.83. The maximum atomic E-state index is 13.0. The minimum Gasteiger partial charge on any atom is -0.487 e. The van der Waals surface area contributed by atoms with Crippen molar-refractivity contribution in [1.82, 2.24) is 9.29 Å². The van der Waals surface area contributed by atoms with Gasteiger partial charge in [-0.3, -0.25) is 4.98 Å². The van der Waals surface area contributed by atoms with Crippen molar-refractivity contribution in [2.75, 3.05) is 19.3 Å².